The van der Waals surface area contributed by atoms with Crippen LogP contribution in [0.1, 0.15) is 25.8 Å². The molecule has 114 valence electrons. The minimum atomic E-state index is -3.03. The van der Waals surface area contributed by atoms with E-state index < -0.39 is 9.84 Å². The molecule has 1 rings (SSSR count). The monoisotopic (exact) mass is 319 g/mol. The first-order valence-corrected chi connectivity index (χ1v) is 8.92. The van der Waals surface area contributed by atoms with Crippen molar-refractivity contribution < 1.29 is 13.2 Å². The molecule has 0 heterocycles. The molecule has 0 aliphatic heterocycles. The molecule has 0 spiro atoms. The lowest BCUT2D eigenvalue weighted by Gasteiger charge is -2.14. The molecule has 1 aromatic carbocycles. The highest BCUT2D eigenvalue weighted by atomic mass is 35.5. The summed E-state index contributed by atoms with van der Waals surface area (Å²) in [5.74, 6) is 0.824. The highest BCUT2D eigenvalue weighted by molar-refractivity contribution is 7.91. The molecule has 6 heteroatoms. The first kappa shape index (κ1) is 17.3. The molecule has 0 aromatic heterocycles. The summed E-state index contributed by atoms with van der Waals surface area (Å²) >= 11 is 6.14. The number of hydrogen-bond donors (Lipinski definition) is 1. The van der Waals surface area contributed by atoms with Gasteiger partial charge >= 0.3 is 0 Å². The van der Waals surface area contributed by atoms with Gasteiger partial charge in [0.05, 0.1) is 11.5 Å². The highest BCUT2D eigenvalue weighted by Crippen LogP contribution is 2.27. The van der Waals surface area contributed by atoms with Crippen LogP contribution in [0, 0.1) is 0 Å². The summed E-state index contributed by atoms with van der Waals surface area (Å²) < 4.78 is 28.8. The summed E-state index contributed by atoms with van der Waals surface area (Å²) in [7, 11) is -3.03. The molecule has 1 atom stereocenters. The van der Waals surface area contributed by atoms with Crippen molar-refractivity contribution >= 4 is 21.4 Å². The second-order valence-electron chi connectivity index (χ2n) is 4.90. The first-order valence-electron chi connectivity index (χ1n) is 6.72. The van der Waals surface area contributed by atoms with Gasteiger partial charge in [0.2, 0.25) is 0 Å². The van der Waals surface area contributed by atoms with Crippen molar-refractivity contribution in [3.05, 3.63) is 28.8 Å². The maximum Gasteiger partial charge on any atom is 0.153 e. The average Bonchev–Trinajstić information content (AvgIpc) is 2.32. The van der Waals surface area contributed by atoms with E-state index in [-0.39, 0.29) is 24.2 Å². The number of benzene rings is 1. The van der Waals surface area contributed by atoms with Crippen LogP contribution in [0.3, 0.4) is 0 Å². The van der Waals surface area contributed by atoms with Gasteiger partial charge in [-0.15, -0.1) is 0 Å². The zero-order valence-corrected chi connectivity index (χ0v) is 13.5. The predicted octanol–water partition coefficient (Wildman–Crippen LogP) is 2.43. The zero-order chi connectivity index (χ0) is 15.2. The van der Waals surface area contributed by atoms with Crippen molar-refractivity contribution in [1.29, 1.82) is 0 Å². The van der Waals surface area contributed by atoms with Crippen molar-refractivity contribution in [1.82, 2.24) is 0 Å². The van der Waals surface area contributed by atoms with E-state index in [1.165, 1.54) is 0 Å². The first-order chi connectivity index (χ1) is 9.35. The Hall–Kier alpha value is -0.780. The summed E-state index contributed by atoms with van der Waals surface area (Å²) in [6.45, 7) is 3.86. The number of rotatable bonds is 8. The SMILES string of the molecule is CCCS(=O)(=O)CCOc1cccc(Cl)c1CC(C)N. The average molecular weight is 320 g/mol. The van der Waals surface area contributed by atoms with Gasteiger partial charge in [0.25, 0.3) is 0 Å². The molecule has 0 saturated heterocycles. The number of halogens is 1. The molecule has 0 aliphatic rings. The second kappa shape index (κ2) is 7.86. The van der Waals surface area contributed by atoms with Crippen molar-refractivity contribution in [2.75, 3.05) is 18.1 Å². The normalized spacial score (nSPS) is 13.2. The van der Waals surface area contributed by atoms with E-state index in [9.17, 15) is 8.42 Å². The van der Waals surface area contributed by atoms with E-state index in [1.54, 1.807) is 18.2 Å². The molecule has 4 nitrogen and oxygen atoms in total. The summed E-state index contributed by atoms with van der Waals surface area (Å²) in [6.07, 6.45) is 1.21. The fourth-order valence-electron chi connectivity index (χ4n) is 1.89. The van der Waals surface area contributed by atoms with E-state index in [1.807, 2.05) is 13.8 Å². The minimum absolute atomic E-state index is 0.0188. The summed E-state index contributed by atoms with van der Waals surface area (Å²) in [5, 5.41) is 0.594. The van der Waals surface area contributed by atoms with Gasteiger partial charge in [-0.1, -0.05) is 24.6 Å². The summed E-state index contributed by atoms with van der Waals surface area (Å²) in [6, 6.07) is 5.31. The summed E-state index contributed by atoms with van der Waals surface area (Å²) in [4.78, 5) is 0. The molecule has 0 bridgehead atoms. The Balaban J connectivity index is 2.71. The van der Waals surface area contributed by atoms with Gasteiger partial charge in [-0.2, -0.15) is 0 Å². The van der Waals surface area contributed by atoms with Gasteiger partial charge in [-0.25, -0.2) is 8.42 Å². The van der Waals surface area contributed by atoms with Crippen molar-refractivity contribution in [3.63, 3.8) is 0 Å². The lowest BCUT2D eigenvalue weighted by molar-refractivity contribution is 0.336. The van der Waals surface area contributed by atoms with Crippen LogP contribution in [-0.2, 0) is 16.3 Å². The lowest BCUT2D eigenvalue weighted by atomic mass is 10.1. The Morgan fingerprint density at radius 3 is 2.65 bits per heavy atom. The lowest BCUT2D eigenvalue weighted by Crippen LogP contribution is -2.20. The molecule has 2 N–H and O–H groups in total. The standard InChI is InChI=1S/C14H22ClNO3S/c1-3-8-20(17,18)9-7-19-14-6-4-5-13(15)12(14)10-11(2)16/h4-6,11H,3,7-10,16H2,1-2H3. The number of hydrogen-bond acceptors (Lipinski definition) is 4. The van der Waals surface area contributed by atoms with Gasteiger partial charge < -0.3 is 10.5 Å². The second-order valence-corrected chi connectivity index (χ2v) is 7.61. The van der Waals surface area contributed by atoms with Crippen LogP contribution in [0.15, 0.2) is 18.2 Å². The van der Waals surface area contributed by atoms with Gasteiger partial charge in [0, 0.05) is 16.6 Å². The van der Waals surface area contributed by atoms with Gasteiger partial charge in [0.15, 0.2) is 9.84 Å². The smallest absolute Gasteiger partial charge is 0.153 e. The fourth-order valence-corrected chi connectivity index (χ4v) is 3.29. The van der Waals surface area contributed by atoms with Crippen LogP contribution < -0.4 is 10.5 Å². The third-order valence-corrected chi connectivity index (χ3v) is 4.94. The highest BCUT2D eigenvalue weighted by Gasteiger charge is 2.13. The number of nitrogens with two attached hydrogens (primary N) is 1. The Bertz CT molecular complexity index is 529. The Morgan fingerprint density at radius 1 is 1.35 bits per heavy atom. The minimum Gasteiger partial charge on any atom is -0.492 e. The fraction of sp³-hybridized carbons (Fsp3) is 0.571. The van der Waals surface area contributed by atoms with E-state index in [4.69, 9.17) is 22.1 Å². The topological polar surface area (TPSA) is 69.4 Å². The number of sulfone groups is 1. The quantitative estimate of drug-likeness (QED) is 0.799. The molecule has 0 amide bonds. The zero-order valence-electron chi connectivity index (χ0n) is 11.9. The van der Waals surface area contributed by atoms with Crippen molar-refractivity contribution in [2.45, 2.75) is 32.7 Å². The molecular formula is C14H22ClNO3S. The number of ether oxygens (including phenoxy) is 1. The van der Waals surface area contributed by atoms with Crippen LogP contribution in [0.2, 0.25) is 5.02 Å². The van der Waals surface area contributed by atoms with E-state index in [0.717, 1.165) is 5.56 Å². The van der Waals surface area contributed by atoms with Crippen LogP contribution >= 0.6 is 11.6 Å². The van der Waals surface area contributed by atoms with Crippen molar-refractivity contribution in [2.24, 2.45) is 5.73 Å². The third kappa shape index (κ3) is 5.69. The molecule has 0 radical (unpaired) electrons. The maximum atomic E-state index is 11.6. The molecule has 1 unspecified atom stereocenters. The molecular weight excluding hydrogens is 298 g/mol. The van der Waals surface area contributed by atoms with Crippen LogP contribution in [0.5, 0.6) is 5.75 Å². The molecule has 1 aromatic rings. The predicted molar refractivity (Wildman–Crippen MR) is 83.2 cm³/mol. The Kier molecular flexibility index (Phi) is 6.79. The summed E-state index contributed by atoms with van der Waals surface area (Å²) in [5.41, 5.74) is 6.62. The third-order valence-electron chi connectivity index (χ3n) is 2.77. The molecule has 0 saturated carbocycles. The van der Waals surface area contributed by atoms with E-state index in [2.05, 4.69) is 0 Å². The van der Waals surface area contributed by atoms with Crippen LogP contribution in [-0.4, -0.2) is 32.6 Å². The maximum absolute atomic E-state index is 11.6. The Morgan fingerprint density at radius 2 is 2.05 bits per heavy atom. The molecule has 0 aliphatic carbocycles. The van der Waals surface area contributed by atoms with Gasteiger partial charge in [0.1, 0.15) is 12.4 Å². The van der Waals surface area contributed by atoms with Gasteiger partial charge in [-0.3, -0.25) is 0 Å². The van der Waals surface area contributed by atoms with E-state index in [0.29, 0.717) is 23.6 Å². The van der Waals surface area contributed by atoms with Gasteiger partial charge in [-0.05, 0) is 31.9 Å². The largest absolute Gasteiger partial charge is 0.492 e. The molecule has 20 heavy (non-hydrogen) atoms. The van der Waals surface area contributed by atoms with Crippen LogP contribution in [0.4, 0.5) is 0 Å². The van der Waals surface area contributed by atoms with Crippen LogP contribution in [0.25, 0.3) is 0 Å². The molecule has 0 fully saturated rings. The van der Waals surface area contributed by atoms with Crippen molar-refractivity contribution in [3.8, 4) is 5.75 Å². The van der Waals surface area contributed by atoms with E-state index >= 15 is 0 Å². The Labute approximate surface area is 126 Å².